The first-order chi connectivity index (χ1) is 4.91. The molecular weight excluding hydrogens is 124 g/mol. The Morgan fingerprint density at radius 1 is 1.00 bits per heavy atom. The third-order valence-electron chi connectivity index (χ3n) is 0.758. The highest BCUT2D eigenvalue weighted by Crippen LogP contribution is 1.79. The molecule has 1 rings (SSSR count). The van der Waals surface area contributed by atoms with Crippen LogP contribution in [-0.4, -0.2) is 11.7 Å². The summed E-state index contributed by atoms with van der Waals surface area (Å²) in [5.41, 5.74) is 0. The summed E-state index contributed by atoms with van der Waals surface area (Å²) in [4.78, 5) is 0. The Kier molecular flexibility index (Phi) is 6.76. The number of hydrogen-bond acceptors (Lipinski definition) is 1. The molecule has 1 N–H and O–H groups in total. The second-order valence-electron chi connectivity index (χ2n) is 1.52. The van der Waals surface area contributed by atoms with Crippen molar-refractivity contribution in [2.24, 2.45) is 0 Å². The summed E-state index contributed by atoms with van der Waals surface area (Å²) in [7, 11) is 0. The van der Waals surface area contributed by atoms with Crippen molar-refractivity contribution >= 4 is 0 Å². The number of benzene rings is 1. The number of aliphatic hydroxyl groups excluding tert-OH is 1. The fourth-order valence-corrected chi connectivity index (χ4v) is 0.385. The van der Waals surface area contributed by atoms with E-state index in [0.717, 1.165) is 0 Å². The monoisotopic (exact) mass is 134 g/mol. The molecule has 0 unspecified atom stereocenters. The maximum Gasteiger partial charge on any atom is 0.103 e. The highest BCUT2D eigenvalue weighted by molar-refractivity contribution is 4.99. The summed E-state index contributed by atoms with van der Waals surface area (Å²) < 4.78 is 0. The van der Waals surface area contributed by atoms with E-state index in [-0.39, 0.29) is 6.61 Å². The Balaban J connectivity index is 0.000000180. The van der Waals surface area contributed by atoms with Gasteiger partial charge in [-0.25, -0.2) is 0 Å². The molecule has 0 fully saturated rings. The minimum atomic E-state index is -0.153. The van der Waals surface area contributed by atoms with Crippen molar-refractivity contribution in [1.82, 2.24) is 0 Å². The molecule has 0 saturated heterocycles. The molecule has 1 aromatic carbocycles. The summed E-state index contributed by atoms with van der Waals surface area (Å²) in [5, 5.41) is 7.64. The second kappa shape index (κ2) is 7.74. The number of hydrogen-bond donors (Lipinski definition) is 1. The van der Waals surface area contributed by atoms with Gasteiger partial charge < -0.3 is 5.11 Å². The molecule has 0 aliphatic heterocycles. The molecule has 1 nitrogen and oxygen atoms in total. The lowest BCUT2D eigenvalue weighted by atomic mass is 10.4. The van der Waals surface area contributed by atoms with E-state index in [9.17, 15) is 0 Å². The highest BCUT2D eigenvalue weighted by atomic mass is 16.2. The summed E-state index contributed by atoms with van der Waals surface area (Å²) in [5.74, 6) is 1.99. The number of aliphatic hydroxyl groups is 1. The zero-order valence-corrected chi connectivity index (χ0v) is 5.70. The van der Waals surface area contributed by atoms with Crippen LogP contribution in [0.2, 0.25) is 0 Å². The molecule has 0 aliphatic carbocycles. The molecular formula is C9H10O. The molecule has 1 heteroatoms. The molecule has 0 radical (unpaired) electrons. The minimum Gasteiger partial charge on any atom is -0.384 e. The molecule has 0 heterocycles. The smallest absolute Gasteiger partial charge is 0.103 e. The summed E-state index contributed by atoms with van der Waals surface area (Å²) in [6.45, 7) is -0.153. The quantitative estimate of drug-likeness (QED) is 0.530. The largest absolute Gasteiger partial charge is 0.384 e. The normalized spacial score (nSPS) is 6.80. The van der Waals surface area contributed by atoms with Gasteiger partial charge in [-0.05, 0) is 0 Å². The van der Waals surface area contributed by atoms with Gasteiger partial charge in [-0.15, -0.1) is 6.42 Å². The zero-order valence-electron chi connectivity index (χ0n) is 5.70. The lowest BCUT2D eigenvalue weighted by Gasteiger charge is -1.69. The third-order valence-corrected chi connectivity index (χ3v) is 0.758. The van der Waals surface area contributed by atoms with E-state index in [0.29, 0.717) is 0 Å². The van der Waals surface area contributed by atoms with Crippen LogP contribution in [0, 0.1) is 12.3 Å². The van der Waals surface area contributed by atoms with Crippen LogP contribution in [0.15, 0.2) is 36.4 Å². The molecule has 10 heavy (non-hydrogen) atoms. The van der Waals surface area contributed by atoms with Gasteiger partial charge in [-0.1, -0.05) is 42.3 Å². The van der Waals surface area contributed by atoms with Crippen molar-refractivity contribution in [1.29, 1.82) is 0 Å². The predicted octanol–water partition coefficient (Wildman–Crippen LogP) is 1.30. The summed E-state index contributed by atoms with van der Waals surface area (Å²) in [6, 6.07) is 12.0. The van der Waals surface area contributed by atoms with Gasteiger partial charge in [0.25, 0.3) is 0 Å². The van der Waals surface area contributed by atoms with Crippen molar-refractivity contribution < 1.29 is 5.11 Å². The molecule has 0 bridgehead atoms. The van der Waals surface area contributed by atoms with Crippen LogP contribution in [0.3, 0.4) is 0 Å². The second-order valence-corrected chi connectivity index (χ2v) is 1.52. The molecule has 0 aliphatic rings. The number of terminal acetylenes is 1. The zero-order chi connectivity index (χ0) is 7.66. The fraction of sp³-hybridized carbons (Fsp3) is 0.111. The van der Waals surface area contributed by atoms with E-state index < -0.39 is 0 Å². The minimum absolute atomic E-state index is 0.153. The lowest BCUT2D eigenvalue weighted by molar-refractivity contribution is 0.351. The lowest BCUT2D eigenvalue weighted by Crippen LogP contribution is -1.64. The maximum absolute atomic E-state index is 7.64. The van der Waals surface area contributed by atoms with E-state index in [1.54, 1.807) is 0 Å². The summed E-state index contributed by atoms with van der Waals surface area (Å²) >= 11 is 0. The van der Waals surface area contributed by atoms with Crippen molar-refractivity contribution in [3.05, 3.63) is 36.4 Å². The van der Waals surface area contributed by atoms with Gasteiger partial charge >= 0.3 is 0 Å². The van der Waals surface area contributed by atoms with Gasteiger partial charge in [0.15, 0.2) is 0 Å². The topological polar surface area (TPSA) is 20.2 Å². The van der Waals surface area contributed by atoms with E-state index in [1.165, 1.54) is 0 Å². The first kappa shape index (κ1) is 8.74. The van der Waals surface area contributed by atoms with Gasteiger partial charge in [0.1, 0.15) is 6.61 Å². The van der Waals surface area contributed by atoms with Gasteiger partial charge in [0.2, 0.25) is 0 Å². The molecule has 1 aromatic rings. The van der Waals surface area contributed by atoms with Crippen molar-refractivity contribution in [2.75, 3.05) is 6.61 Å². The van der Waals surface area contributed by atoms with Crippen molar-refractivity contribution in [3.63, 3.8) is 0 Å². The first-order valence-corrected chi connectivity index (χ1v) is 2.96. The molecule has 0 amide bonds. The van der Waals surface area contributed by atoms with Crippen molar-refractivity contribution in [3.8, 4) is 12.3 Å². The van der Waals surface area contributed by atoms with Crippen LogP contribution in [0.25, 0.3) is 0 Å². The highest BCUT2D eigenvalue weighted by Gasteiger charge is 1.57. The maximum atomic E-state index is 7.64. The van der Waals surface area contributed by atoms with Gasteiger partial charge in [0, 0.05) is 0 Å². The Labute approximate surface area is 61.3 Å². The predicted molar refractivity (Wildman–Crippen MR) is 42.4 cm³/mol. The first-order valence-electron chi connectivity index (χ1n) is 2.96. The van der Waals surface area contributed by atoms with Crippen LogP contribution in [-0.2, 0) is 0 Å². The van der Waals surface area contributed by atoms with E-state index in [2.05, 4.69) is 6.42 Å². The number of rotatable bonds is 0. The average Bonchev–Trinajstić information content (AvgIpc) is 2.08. The standard InChI is InChI=1S/C6H6.C3H4O/c1-2-4-6-5-3-1;1-2-3-4/h1-6H;1,4H,3H2. The Morgan fingerprint density at radius 3 is 1.30 bits per heavy atom. The van der Waals surface area contributed by atoms with Crippen LogP contribution in [0.1, 0.15) is 0 Å². The molecule has 0 aromatic heterocycles. The molecule has 0 spiro atoms. The fourth-order valence-electron chi connectivity index (χ4n) is 0.385. The Morgan fingerprint density at radius 2 is 1.20 bits per heavy atom. The van der Waals surface area contributed by atoms with E-state index in [1.807, 2.05) is 42.3 Å². The van der Waals surface area contributed by atoms with Crippen LogP contribution >= 0.6 is 0 Å². The molecule has 0 saturated carbocycles. The summed E-state index contributed by atoms with van der Waals surface area (Å²) in [6.07, 6.45) is 4.53. The third kappa shape index (κ3) is 6.74. The SMILES string of the molecule is C#CCO.c1ccccc1. The van der Waals surface area contributed by atoms with E-state index in [4.69, 9.17) is 5.11 Å². The van der Waals surface area contributed by atoms with Gasteiger partial charge in [0.05, 0.1) is 0 Å². The van der Waals surface area contributed by atoms with Crippen LogP contribution in [0.5, 0.6) is 0 Å². The van der Waals surface area contributed by atoms with Crippen molar-refractivity contribution in [2.45, 2.75) is 0 Å². The Hall–Kier alpha value is -1.26. The van der Waals surface area contributed by atoms with Gasteiger partial charge in [-0.2, -0.15) is 0 Å². The molecule has 52 valence electrons. The van der Waals surface area contributed by atoms with E-state index >= 15 is 0 Å². The Bertz CT molecular complexity index is 147. The average molecular weight is 134 g/mol. The van der Waals surface area contributed by atoms with Crippen LogP contribution < -0.4 is 0 Å². The van der Waals surface area contributed by atoms with Gasteiger partial charge in [-0.3, -0.25) is 0 Å². The molecule has 0 atom stereocenters. The van der Waals surface area contributed by atoms with Crippen LogP contribution in [0.4, 0.5) is 0 Å².